The van der Waals surface area contributed by atoms with Gasteiger partial charge >= 0.3 is 6.03 Å². The van der Waals surface area contributed by atoms with Crippen LogP contribution in [0.4, 0.5) is 4.79 Å². The first kappa shape index (κ1) is 15.1. The molecule has 6 nitrogen and oxygen atoms in total. The third-order valence-corrected chi connectivity index (χ3v) is 4.09. The Kier molecular flexibility index (Phi) is 5.64. The molecule has 3 N–H and O–H groups in total. The fraction of sp³-hybridized carbons (Fsp3) is 0.857. The van der Waals surface area contributed by atoms with Crippen LogP contribution in [0.3, 0.4) is 0 Å². The minimum Gasteiger partial charge on any atom is -0.355 e. The molecule has 6 heteroatoms. The molecule has 1 aliphatic heterocycles. The van der Waals surface area contributed by atoms with Crippen LogP contribution in [-0.2, 0) is 4.79 Å². The van der Waals surface area contributed by atoms with Gasteiger partial charge in [0.05, 0.1) is 0 Å². The molecule has 1 unspecified atom stereocenters. The van der Waals surface area contributed by atoms with Crippen molar-refractivity contribution in [3.8, 4) is 0 Å². The molecule has 0 aromatic heterocycles. The van der Waals surface area contributed by atoms with E-state index in [9.17, 15) is 9.59 Å². The first-order chi connectivity index (χ1) is 9.72. The number of amides is 3. The molecule has 0 spiro atoms. The van der Waals surface area contributed by atoms with Gasteiger partial charge in [0.1, 0.15) is 6.04 Å². The summed E-state index contributed by atoms with van der Waals surface area (Å²) in [6.45, 7) is 4.34. The Bertz CT molecular complexity index is 342. The zero-order valence-electron chi connectivity index (χ0n) is 12.3. The summed E-state index contributed by atoms with van der Waals surface area (Å²) >= 11 is 0. The maximum absolute atomic E-state index is 12.4. The zero-order chi connectivity index (χ0) is 14.4. The van der Waals surface area contributed by atoms with E-state index in [1.807, 2.05) is 6.92 Å². The van der Waals surface area contributed by atoms with Gasteiger partial charge in [-0.25, -0.2) is 4.79 Å². The van der Waals surface area contributed by atoms with Gasteiger partial charge in [-0.3, -0.25) is 4.79 Å². The average Bonchev–Trinajstić information content (AvgIpc) is 2.48. The number of rotatable bonds is 3. The molecule has 1 atom stereocenters. The fourth-order valence-corrected chi connectivity index (χ4v) is 2.98. The lowest BCUT2D eigenvalue weighted by Crippen LogP contribution is -2.62. The van der Waals surface area contributed by atoms with Gasteiger partial charge in [0.25, 0.3) is 0 Å². The molecule has 2 fully saturated rings. The molecular weight excluding hydrogens is 256 g/mol. The number of hydrogen-bond acceptors (Lipinski definition) is 3. The maximum atomic E-state index is 12.4. The number of piperazine rings is 1. The van der Waals surface area contributed by atoms with Crippen molar-refractivity contribution in [3.63, 3.8) is 0 Å². The number of likely N-dealkylation sites (N-methyl/N-ethyl adjacent to an activating group) is 1. The first-order valence-corrected chi connectivity index (χ1v) is 7.78. The van der Waals surface area contributed by atoms with E-state index in [0.717, 1.165) is 19.4 Å². The van der Waals surface area contributed by atoms with E-state index >= 15 is 0 Å². The molecule has 1 aliphatic carbocycles. The molecular formula is C14H26N4O2. The van der Waals surface area contributed by atoms with Crippen molar-refractivity contribution >= 4 is 11.9 Å². The summed E-state index contributed by atoms with van der Waals surface area (Å²) in [5.41, 5.74) is 0. The van der Waals surface area contributed by atoms with E-state index in [1.165, 1.54) is 19.3 Å². The Morgan fingerprint density at radius 3 is 2.70 bits per heavy atom. The molecule has 3 amide bonds. The van der Waals surface area contributed by atoms with Gasteiger partial charge in [-0.05, 0) is 19.8 Å². The Hall–Kier alpha value is -1.30. The predicted molar refractivity (Wildman–Crippen MR) is 77.5 cm³/mol. The lowest BCUT2D eigenvalue weighted by molar-refractivity contribution is -0.125. The van der Waals surface area contributed by atoms with Crippen molar-refractivity contribution in [2.75, 3.05) is 26.2 Å². The van der Waals surface area contributed by atoms with Crippen LogP contribution in [-0.4, -0.2) is 55.1 Å². The van der Waals surface area contributed by atoms with Crippen molar-refractivity contribution in [3.05, 3.63) is 0 Å². The van der Waals surface area contributed by atoms with Crippen LogP contribution in [0.25, 0.3) is 0 Å². The van der Waals surface area contributed by atoms with Crippen LogP contribution in [0.15, 0.2) is 0 Å². The normalized spacial score (nSPS) is 24.2. The van der Waals surface area contributed by atoms with Gasteiger partial charge < -0.3 is 20.9 Å². The molecule has 0 aromatic rings. The van der Waals surface area contributed by atoms with E-state index < -0.39 is 6.04 Å². The molecule has 1 saturated heterocycles. The van der Waals surface area contributed by atoms with Crippen LogP contribution in [0, 0.1) is 0 Å². The van der Waals surface area contributed by atoms with Crippen molar-refractivity contribution in [2.45, 2.75) is 51.1 Å². The minimum atomic E-state index is -0.396. The SMILES string of the molecule is CCNC(=O)C1CNCCN1C(=O)NC1CCCCC1. The van der Waals surface area contributed by atoms with Gasteiger partial charge in [-0.15, -0.1) is 0 Å². The summed E-state index contributed by atoms with van der Waals surface area (Å²) in [4.78, 5) is 26.1. The highest BCUT2D eigenvalue weighted by molar-refractivity contribution is 5.87. The largest absolute Gasteiger partial charge is 0.355 e. The van der Waals surface area contributed by atoms with Crippen LogP contribution >= 0.6 is 0 Å². The third-order valence-electron chi connectivity index (χ3n) is 4.09. The van der Waals surface area contributed by atoms with Crippen LogP contribution in [0.5, 0.6) is 0 Å². The van der Waals surface area contributed by atoms with E-state index in [1.54, 1.807) is 4.90 Å². The van der Waals surface area contributed by atoms with Gasteiger partial charge in [0.15, 0.2) is 0 Å². The highest BCUT2D eigenvalue weighted by Gasteiger charge is 2.32. The maximum Gasteiger partial charge on any atom is 0.318 e. The van der Waals surface area contributed by atoms with Gasteiger partial charge in [-0.1, -0.05) is 19.3 Å². The second-order valence-electron chi connectivity index (χ2n) is 5.59. The smallest absolute Gasteiger partial charge is 0.318 e. The lowest BCUT2D eigenvalue weighted by atomic mass is 9.96. The van der Waals surface area contributed by atoms with E-state index in [2.05, 4.69) is 16.0 Å². The zero-order valence-corrected chi connectivity index (χ0v) is 12.3. The van der Waals surface area contributed by atoms with Crippen LogP contribution in [0.1, 0.15) is 39.0 Å². The summed E-state index contributed by atoms with van der Waals surface area (Å²) in [5.74, 6) is -0.0708. The standard InChI is InChI=1S/C14H26N4O2/c1-2-16-13(19)12-10-15-8-9-18(12)14(20)17-11-6-4-3-5-7-11/h11-12,15H,2-10H2,1H3,(H,16,19)(H,17,20). The monoisotopic (exact) mass is 282 g/mol. The van der Waals surface area contributed by atoms with Crippen molar-refractivity contribution < 1.29 is 9.59 Å². The summed E-state index contributed by atoms with van der Waals surface area (Å²) < 4.78 is 0. The van der Waals surface area contributed by atoms with E-state index in [4.69, 9.17) is 0 Å². The Balaban J connectivity index is 1.92. The number of carbonyl (C=O) groups excluding carboxylic acids is 2. The van der Waals surface area contributed by atoms with Crippen LogP contribution < -0.4 is 16.0 Å². The molecule has 114 valence electrons. The quantitative estimate of drug-likeness (QED) is 0.703. The Morgan fingerprint density at radius 2 is 2.00 bits per heavy atom. The summed E-state index contributed by atoms with van der Waals surface area (Å²) in [6.07, 6.45) is 5.76. The number of nitrogens with zero attached hydrogens (tertiary/aromatic N) is 1. The molecule has 2 rings (SSSR count). The predicted octanol–water partition coefficient (Wildman–Crippen LogP) is 0.439. The molecule has 0 radical (unpaired) electrons. The van der Waals surface area contributed by atoms with Gasteiger partial charge in [-0.2, -0.15) is 0 Å². The van der Waals surface area contributed by atoms with Crippen LogP contribution in [0.2, 0.25) is 0 Å². The highest BCUT2D eigenvalue weighted by atomic mass is 16.2. The summed E-state index contributed by atoms with van der Waals surface area (Å²) in [6, 6.07) is -0.206. The Labute approximate surface area is 120 Å². The highest BCUT2D eigenvalue weighted by Crippen LogP contribution is 2.18. The summed E-state index contributed by atoms with van der Waals surface area (Å²) in [7, 11) is 0. The second kappa shape index (κ2) is 7.47. The summed E-state index contributed by atoms with van der Waals surface area (Å²) in [5, 5.41) is 9.08. The average molecular weight is 282 g/mol. The number of urea groups is 1. The van der Waals surface area contributed by atoms with Gasteiger partial charge in [0.2, 0.25) is 5.91 Å². The minimum absolute atomic E-state index is 0.0708. The lowest BCUT2D eigenvalue weighted by Gasteiger charge is -2.36. The fourth-order valence-electron chi connectivity index (χ4n) is 2.98. The molecule has 1 heterocycles. The molecule has 0 bridgehead atoms. The van der Waals surface area contributed by atoms with Crippen molar-refractivity contribution in [2.24, 2.45) is 0 Å². The number of carbonyl (C=O) groups is 2. The first-order valence-electron chi connectivity index (χ1n) is 7.78. The second-order valence-corrected chi connectivity index (χ2v) is 5.59. The number of nitrogens with one attached hydrogen (secondary N) is 3. The topological polar surface area (TPSA) is 73.5 Å². The van der Waals surface area contributed by atoms with Crippen molar-refractivity contribution in [1.29, 1.82) is 0 Å². The van der Waals surface area contributed by atoms with Gasteiger partial charge in [0, 0.05) is 32.2 Å². The van der Waals surface area contributed by atoms with Crippen molar-refractivity contribution in [1.82, 2.24) is 20.9 Å². The molecule has 20 heavy (non-hydrogen) atoms. The third kappa shape index (κ3) is 3.85. The van der Waals surface area contributed by atoms with E-state index in [0.29, 0.717) is 19.6 Å². The van der Waals surface area contributed by atoms with E-state index in [-0.39, 0.29) is 18.0 Å². The Morgan fingerprint density at radius 1 is 1.25 bits per heavy atom. The molecule has 1 saturated carbocycles. The molecule has 2 aliphatic rings. The molecule has 0 aromatic carbocycles. The number of hydrogen-bond donors (Lipinski definition) is 3.